The van der Waals surface area contributed by atoms with E-state index in [0.717, 1.165) is 25.9 Å². The zero-order chi connectivity index (χ0) is 18.7. The zero-order valence-corrected chi connectivity index (χ0v) is 16.6. The summed E-state index contributed by atoms with van der Waals surface area (Å²) < 4.78 is 1.67. The van der Waals surface area contributed by atoms with Crippen LogP contribution in [0.25, 0.3) is 0 Å². The van der Waals surface area contributed by atoms with Crippen LogP contribution in [0.3, 0.4) is 0 Å². The van der Waals surface area contributed by atoms with Crippen molar-refractivity contribution < 1.29 is 9.90 Å². The van der Waals surface area contributed by atoms with E-state index in [-0.39, 0.29) is 36.2 Å². The molecule has 1 fully saturated rings. The Kier molecular flexibility index (Phi) is 7.44. The lowest BCUT2D eigenvalue weighted by atomic mass is 10.0. The van der Waals surface area contributed by atoms with Crippen molar-refractivity contribution in [3.8, 4) is 0 Å². The Bertz CT molecular complexity index is 877. The van der Waals surface area contributed by atoms with Gasteiger partial charge in [0.2, 0.25) is 0 Å². The Morgan fingerprint density at radius 2 is 2.04 bits per heavy atom. The first-order valence-corrected chi connectivity index (χ1v) is 9.02. The standard InChI is InChI=1S/C19H22ClN3O3.ClH/c1-12-6-9-23(15-4-7-21-8-5-15)19(26)17(12)18(25)22-14-2-3-16(20)13(10-14)11-24;/h2-3,6,9-10,15,21,24H,4-5,7-8,11H2,1H3,(H,22,25);1H. The molecule has 1 aromatic carbocycles. The average Bonchev–Trinajstić information content (AvgIpc) is 2.64. The highest BCUT2D eigenvalue weighted by atomic mass is 35.5. The number of hydrogen-bond acceptors (Lipinski definition) is 4. The Hall–Kier alpha value is -1.86. The van der Waals surface area contributed by atoms with E-state index in [0.29, 0.717) is 21.8 Å². The van der Waals surface area contributed by atoms with Crippen LogP contribution in [0.1, 0.15) is 40.4 Å². The highest BCUT2D eigenvalue weighted by Crippen LogP contribution is 2.21. The highest BCUT2D eigenvalue weighted by molar-refractivity contribution is 6.31. The average molecular weight is 412 g/mol. The van der Waals surface area contributed by atoms with E-state index in [2.05, 4.69) is 10.6 Å². The second-order valence-corrected chi connectivity index (χ2v) is 6.89. The van der Waals surface area contributed by atoms with E-state index < -0.39 is 5.91 Å². The molecule has 3 N–H and O–H groups in total. The summed E-state index contributed by atoms with van der Waals surface area (Å²) in [6.07, 6.45) is 3.50. The van der Waals surface area contributed by atoms with Crippen molar-refractivity contribution in [2.75, 3.05) is 18.4 Å². The number of piperidine rings is 1. The van der Waals surface area contributed by atoms with Gasteiger partial charge in [0.25, 0.3) is 11.5 Å². The Balaban J connectivity index is 0.00000261. The van der Waals surface area contributed by atoms with Gasteiger partial charge in [-0.25, -0.2) is 0 Å². The third-order valence-corrected chi connectivity index (χ3v) is 5.10. The van der Waals surface area contributed by atoms with E-state index in [9.17, 15) is 14.7 Å². The lowest BCUT2D eigenvalue weighted by Crippen LogP contribution is -2.37. The number of halogens is 2. The van der Waals surface area contributed by atoms with Crippen LogP contribution in [0, 0.1) is 6.92 Å². The quantitative estimate of drug-likeness (QED) is 0.721. The normalized spacial score (nSPS) is 14.5. The summed E-state index contributed by atoms with van der Waals surface area (Å²) in [6, 6.07) is 6.76. The number of amides is 1. The molecule has 8 heteroatoms. The molecule has 2 aromatic rings. The molecule has 3 rings (SSSR count). The largest absolute Gasteiger partial charge is 0.392 e. The molecule has 1 aliphatic rings. The van der Waals surface area contributed by atoms with E-state index in [4.69, 9.17) is 11.6 Å². The van der Waals surface area contributed by atoms with Gasteiger partial charge in [0.1, 0.15) is 5.56 Å². The van der Waals surface area contributed by atoms with Crippen molar-refractivity contribution in [1.82, 2.24) is 9.88 Å². The SMILES string of the molecule is Cc1ccn(C2CCNCC2)c(=O)c1C(=O)Nc1ccc(Cl)c(CO)c1.Cl. The predicted octanol–water partition coefficient (Wildman–Crippen LogP) is 2.90. The molecule has 1 aliphatic heterocycles. The molecule has 0 spiro atoms. The zero-order valence-electron chi connectivity index (χ0n) is 15.0. The number of carbonyl (C=O) groups is 1. The van der Waals surface area contributed by atoms with E-state index in [1.165, 1.54) is 0 Å². The van der Waals surface area contributed by atoms with Crippen LogP contribution < -0.4 is 16.2 Å². The Labute approximate surface area is 169 Å². The summed E-state index contributed by atoms with van der Waals surface area (Å²) in [5.74, 6) is -0.456. The number of carbonyl (C=O) groups excluding carboxylic acids is 1. The first kappa shape index (κ1) is 21.4. The van der Waals surface area contributed by atoms with Crippen molar-refractivity contribution in [1.29, 1.82) is 0 Å². The number of rotatable bonds is 4. The number of aryl methyl sites for hydroxylation is 1. The molecular formula is C19H23Cl2N3O3. The first-order chi connectivity index (χ1) is 12.5. The fourth-order valence-corrected chi connectivity index (χ4v) is 3.43. The summed E-state index contributed by atoms with van der Waals surface area (Å²) in [7, 11) is 0. The lowest BCUT2D eigenvalue weighted by Gasteiger charge is -2.25. The lowest BCUT2D eigenvalue weighted by molar-refractivity contribution is 0.102. The number of nitrogens with zero attached hydrogens (tertiary/aromatic N) is 1. The van der Waals surface area contributed by atoms with Gasteiger partial charge in [-0.1, -0.05) is 11.6 Å². The predicted molar refractivity (Wildman–Crippen MR) is 109 cm³/mol. The van der Waals surface area contributed by atoms with Gasteiger partial charge in [-0.3, -0.25) is 9.59 Å². The van der Waals surface area contributed by atoms with Crippen molar-refractivity contribution in [3.05, 3.63) is 62.5 Å². The number of aliphatic hydroxyl groups is 1. The van der Waals surface area contributed by atoms with Gasteiger partial charge in [0.15, 0.2) is 0 Å². The molecule has 0 atom stereocenters. The van der Waals surface area contributed by atoms with Crippen LogP contribution in [-0.4, -0.2) is 28.7 Å². The number of hydrogen-bond donors (Lipinski definition) is 3. The molecule has 1 amide bonds. The number of pyridine rings is 1. The highest BCUT2D eigenvalue weighted by Gasteiger charge is 2.21. The van der Waals surface area contributed by atoms with Gasteiger partial charge in [-0.05, 0) is 68.2 Å². The van der Waals surface area contributed by atoms with Crippen LogP contribution in [0.2, 0.25) is 5.02 Å². The van der Waals surface area contributed by atoms with Crippen LogP contribution in [0.4, 0.5) is 5.69 Å². The Morgan fingerprint density at radius 1 is 1.33 bits per heavy atom. The van der Waals surface area contributed by atoms with Gasteiger partial charge in [-0.15, -0.1) is 12.4 Å². The van der Waals surface area contributed by atoms with Crippen molar-refractivity contribution in [2.45, 2.75) is 32.4 Å². The molecular weight excluding hydrogens is 389 g/mol. The summed E-state index contributed by atoms with van der Waals surface area (Å²) in [6.45, 7) is 3.25. The number of nitrogens with one attached hydrogen (secondary N) is 2. The third-order valence-electron chi connectivity index (χ3n) is 4.73. The van der Waals surface area contributed by atoms with Crippen molar-refractivity contribution in [3.63, 3.8) is 0 Å². The molecule has 27 heavy (non-hydrogen) atoms. The molecule has 1 saturated heterocycles. The first-order valence-electron chi connectivity index (χ1n) is 8.64. The monoisotopic (exact) mass is 411 g/mol. The number of aromatic nitrogens is 1. The van der Waals surface area contributed by atoms with E-state index >= 15 is 0 Å². The van der Waals surface area contributed by atoms with Crippen LogP contribution in [0.5, 0.6) is 0 Å². The summed E-state index contributed by atoms with van der Waals surface area (Å²) in [5, 5.41) is 15.7. The molecule has 0 radical (unpaired) electrons. The van der Waals surface area contributed by atoms with Crippen LogP contribution in [0.15, 0.2) is 35.3 Å². The maximum atomic E-state index is 12.9. The molecule has 0 unspecified atom stereocenters. The van der Waals surface area contributed by atoms with E-state index in [1.807, 2.05) is 0 Å². The van der Waals surface area contributed by atoms with Gasteiger partial charge in [-0.2, -0.15) is 0 Å². The van der Waals surface area contributed by atoms with Crippen LogP contribution >= 0.6 is 24.0 Å². The molecule has 146 valence electrons. The maximum absolute atomic E-state index is 12.9. The smallest absolute Gasteiger partial charge is 0.263 e. The fraction of sp³-hybridized carbons (Fsp3) is 0.368. The molecule has 1 aromatic heterocycles. The second kappa shape index (κ2) is 9.37. The Morgan fingerprint density at radius 3 is 2.70 bits per heavy atom. The number of anilines is 1. The molecule has 0 bridgehead atoms. The topological polar surface area (TPSA) is 83.4 Å². The maximum Gasteiger partial charge on any atom is 0.263 e. The minimum Gasteiger partial charge on any atom is -0.392 e. The number of aliphatic hydroxyl groups excluding tert-OH is 1. The van der Waals surface area contributed by atoms with Gasteiger partial charge < -0.3 is 20.3 Å². The number of benzene rings is 1. The van der Waals surface area contributed by atoms with Crippen molar-refractivity contribution >= 4 is 35.6 Å². The molecule has 6 nitrogen and oxygen atoms in total. The summed E-state index contributed by atoms with van der Waals surface area (Å²) in [5.41, 5.74) is 1.51. The van der Waals surface area contributed by atoms with Gasteiger partial charge >= 0.3 is 0 Å². The summed E-state index contributed by atoms with van der Waals surface area (Å²) in [4.78, 5) is 25.7. The van der Waals surface area contributed by atoms with Crippen LogP contribution in [-0.2, 0) is 6.61 Å². The van der Waals surface area contributed by atoms with Crippen molar-refractivity contribution in [2.24, 2.45) is 0 Å². The van der Waals surface area contributed by atoms with Gasteiger partial charge in [0, 0.05) is 22.9 Å². The minimum absolute atomic E-state index is 0. The fourth-order valence-electron chi connectivity index (χ4n) is 3.26. The molecule has 2 heterocycles. The molecule has 0 aliphatic carbocycles. The van der Waals surface area contributed by atoms with E-state index in [1.54, 1.807) is 42.0 Å². The minimum atomic E-state index is -0.456. The van der Waals surface area contributed by atoms with Gasteiger partial charge in [0.05, 0.1) is 6.61 Å². The molecule has 0 saturated carbocycles. The summed E-state index contributed by atoms with van der Waals surface area (Å²) >= 11 is 5.98. The second-order valence-electron chi connectivity index (χ2n) is 6.49. The third kappa shape index (κ3) is 4.71.